The number of aromatic carboxylic acids is 1. The van der Waals surface area contributed by atoms with E-state index in [-0.39, 0.29) is 16.9 Å². The summed E-state index contributed by atoms with van der Waals surface area (Å²) in [5.74, 6) is -0.898. The van der Waals surface area contributed by atoms with Gasteiger partial charge < -0.3 is 10.0 Å². The number of nitrogens with zero attached hydrogens (tertiary/aromatic N) is 1. The van der Waals surface area contributed by atoms with Crippen LogP contribution >= 0.6 is 0 Å². The fraction of sp³-hybridized carbons (Fsp3) is 0.467. The number of rotatable bonds is 3. The Morgan fingerprint density at radius 3 is 2.63 bits per heavy atom. The first kappa shape index (κ1) is 13.6. The van der Waals surface area contributed by atoms with E-state index < -0.39 is 5.97 Å². The molecule has 0 saturated heterocycles. The van der Waals surface area contributed by atoms with E-state index in [4.69, 9.17) is 5.11 Å². The summed E-state index contributed by atoms with van der Waals surface area (Å²) < 4.78 is 0. The molecule has 0 radical (unpaired) electrons. The largest absolute Gasteiger partial charge is 0.478 e. The highest BCUT2D eigenvalue weighted by atomic mass is 16.4. The Kier molecular flexibility index (Phi) is 3.35. The normalized spacial score (nSPS) is 14.7. The number of benzene rings is 1. The van der Waals surface area contributed by atoms with Crippen LogP contribution in [0.2, 0.25) is 0 Å². The zero-order valence-corrected chi connectivity index (χ0v) is 11.6. The minimum atomic E-state index is -0.955. The monoisotopic (exact) mass is 261 g/mol. The fourth-order valence-electron chi connectivity index (χ4n) is 2.21. The molecule has 0 aromatic heterocycles. The molecule has 0 bridgehead atoms. The lowest BCUT2D eigenvalue weighted by Gasteiger charge is -2.24. The maximum atomic E-state index is 12.0. The van der Waals surface area contributed by atoms with Gasteiger partial charge in [-0.05, 0) is 35.6 Å². The number of carbonyl (C=O) groups is 2. The van der Waals surface area contributed by atoms with E-state index in [1.807, 2.05) is 0 Å². The summed E-state index contributed by atoms with van der Waals surface area (Å²) in [6.45, 7) is 7.10. The quantitative estimate of drug-likeness (QED) is 0.910. The van der Waals surface area contributed by atoms with Crippen molar-refractivity contribution in [1.29, 1.82) is 0 Å². The van der Waals surface area contributed by atoms with E-state index in [0.29, 0.717) is 13.0 Å². The second-order valence-electron chi connectivity index (χ2n) is 6.18. The van der Waals surface area contributed by atoms with Crippen LogP contribution in [0.25, 0.3) is 0 Å². The van der Waals surface area contributed by atoms with Gasteiger partial charge in [0.15, 0.2) is 0 Å². The van der Waals surface area contributed by atoms with Crippen LogP contribution in [-0.4, -0.2) is 23.5 Å². The van der Waals surface area contributed by atoms with Gasteiger partial charge in [-0.3, -0.25) is 4.79 Å². The molecule has 102 valence electrons. The molecule has 19 heavy (non-hydrogen) atoms. The van der Waals surface area contributed by atoms with Gasteiger partial charge in [-0.1, -0.05) is 20.8 Å². The molecule has 0 atom stereocenters. The highest BCUT2D eigenvalue weighted by Gasteiger charge is 2.28. The van der Waals surface area contributed by atoms with Crippen molar-refractivity contribution in [3.05, 3.63) is 29.3 Å². The van der Waals surface area contributed by atoms with Gasteiger partial charge in [-0.25, -0.2) is 4.79 Å². The molecule has 4 heteroatoms. The maximum absolute atomic E-state index is 12.0. The highest BCUT2D eigenvalue weighted by molar-refractivity contribution is 6.02. The zero-order chi connectivity index (χ0) is 14.2. The van der Waals surface area contributed by atoms with E-state index in [1.165, 1.54) is 0 Å². The third-order valence-electron chi connectivity index (χ3n) is 3.35. The summed E-state index contributed by atoms with van der Waals surface area (Å²) in [5, 5.41) is 8.96. The van der Waals surface area contributed by atoms with Crippen LogP contribution in [0.15, 0.2) is 18.2 Å². The van der Waals surface area contributed by atoms with Crippen molar-refractivity contribution < 1.29 is 14.7 Å². The van der Waals surface area contributed by atoms with E-state index >= 15 is 0 Å². The lowest BCUT2D eigenvalue weighted by atomic mass is 9.92. The number of fused-ring (bicyclic) bond motifs is 1. The first-order valence-corrected chi connectivity index (χ1v) is 6.44. The van der Waals surface area contributed by atoms with E-state index in [0.717, 1.165) is 17.7 Å². The summed E-state index contributed by atoms with van der Waals surface area (Å²) >= 11 is 0. The van der Waals surface area contributed by atoms with Crippen molar-refractivity contribution in [2.24, 2.45) is 5.41 Å². The standard InChI is InChI=1S/C15H19NO3/c1-15(2,3)6-7-16-12-5-4-10(14(18)19)8-11(12)9-13(16)17/h4-5,8H,6-7,9H2,1-3H3,(H,18,19). The summed E-state index contributed by atoms with van der Waals surface area (Å²) in [7, 11) is 0. The van der Waals surface area contributed by atoms with Crippen LogP contribution < -0.4 is 4.90 Å². The van der Waals surface area contributed by atoms with Crippen LogP contribution in [0.4, 0.5) is 5.69 Å². The molecule has 1 aromatic carbocycles. The molecule has 0 saturated carbocycles. The van der Waals surface area contributed by atoms with Gasteiger partial charge >= 0.3 is 5.97 Å². The van der Waals surface area contributed by atoms with Crippen LogP contribution in [0.3, 0.4) is 0 Å². The van der Waals surface area contributed by atoms with Crippen molar-refractivity contribution in [1.82, 2.24) is 0 Å². The number of carbonyl (C=O) groups excluding carboxylic acids is 1. The molecule has 4 nitrogen and oxygen atoms in total. The minimum absolute atomic E-state index is 0.0572. The number of hydrogen-bond acceptors (Lipinski definition) is 2. The Balaban J connectivity index is 2.22. The molecule has 1 heterocycles. The SMILES string of the molecule is CC(C)(C)CCN1C(=O)Cc2cc(C(=O)O)ccc21. The van der Waals surface area contributed by atoms with E-state index in [9.17, 15) is 9.59 Å². The van der Waals surface area contributed by atoms with Gasteiger partial charge in [0.2, 0.25) is 5.91 Å². The van der Waals surface area contributed by atoms with Crippen molar-refractivity contribution in [3.8, 4) is 0 Å². The summed E-state index contributed by atoms with van der Waals surface area (Å²) in [6.07, 6.45) is 1.22. The van der Waals surface area contributed by atoms with Crippen LogP contribution in [0, 0.1) is 5.41 Å². The van der Waals surface area contributed by atoms with Crippen molar-refractivity contribution in [2.45, 2.75) is 33.6 Å². The van der Waals surface area contributed by atoms with E-state index in [2.05, 4.69) is 20.8 Å². The van der Waals surface area contributed by atoms with Gasteiger partial charge in [0.05, 0.1) is 12.0 Å². The van der Waals surface area contributed by atoms with Crippen LogP contribution in [0.5, 0.6) is 0 Å². The molecule has 1 aromatic rings. The van der Waals surface area contributed by atoms with Gasteiger partial charge in [-0.2, -0.15) is 0 Å². The van der Waals surface area contributed by atoms with Gasteiger partial charge in [-0.15, -0.1) is 0 Å². The Labute approximate surface area is 113 Å². The second kappa shape index (κ2) is 4.68. The predicted molar refractivity (Wildman–Crippen MR) is 73.5 cm³/mol. The molecule has 1 aliphatic rings. The van der Waals surface area contributed by atoms with Gasteiger partial charge in [0, 0.05) is 12.2 Å². The lowest BCUT2D eigenvalue weighted by Crippen LogP contribution is -2.30. The molecular formula is C15H19NO3. The predicted octanol–water partition coefficient (Wildman–Crippen LogP) is 2.71. The number of anilines is 1. The first-order chi connectivity index (χ1) is 8.78. The first-order valence-electron chi connectivity index (χ1n) is 6.44. The second-order valence-corrected chi connectivity index (χ2v) is 6.18. The molecule has 0 unspecified atom stereocenters. The van der Waals surface area contributed by atoms with Crippen LogP contribution in [-0.2, 0) is 11.2 Å². The number of carboxylic acids is 1. The number of carboxylic acid groups (broad SMARTS) is 1. The maximum Gasteiger partial charge on any atom is 0.335 e. The van der Waals surface area contributed by atoms with Crippen molar-refractivity contribution in [3.63, 3.8) is 0 Å². The molecule has 0 spiro atoms. The third kappa shape index (κ3) is 2.95. The van der Waals surface area contributed by atoms with Crippen LogP contribution in [0.1, 0.15) is 43.1 Å². The average Bonchev–Trinajstić information content (AvgIpc) is 2.59. The Bertz CT molecular complexity index is 529. The molecule has 0 aliphatic carbocycles. The topological polar surface area (TPSA) is 57.6 Å². The summed E-state index contributed by atoms with van der Waals surface area (Å²) in [5.41, 5.74) is 2.09. The molecule has 1 N–H and O–H groups in total. The molecule has 1 aliphatic heterocycles. The van der Waals surface area contributed by atoms with Gasteiger partial charge in [0.1, 0.15) is 0 Å². The van der Waals surface area contributed by atoms with E-state index in [1.54, 1.807) is 23.1 Å². The zero-order valence-electron chi connectivity index (χ0n) is 11.6. The lowest BCUT2D eigenvalue weighted by molar-refractivity contribution is -0.117. The Hall–Kier alpha value is -1.84. The summed E-state index contributed by atoms with van der Waals surface area (Å²) in [6, 6.07) is 4.91. The smallest absolute Gasteiger partial charge is 0.335 e. The van der Waals surface area contributed by atoms with Crippen molar-refractivity contribution in [2.75, 3.05) is 11.4 Å². The van der Waals surface area contributed by atoms with Crippen molar-refractivity contribution >= 4 is 17.6 Å². The molecular weight excluding hydrogens is 242 g/mol. The molecule has 2 rings (SSSR count). The molecule has 1 amide bonds. The average molecular weight is 261 g/mol. The number of amides is 1. The summed E-state index contributed by atoms with van der Waals surface area (Å²) in [4.78, 5) is 24.7. The number of hydrogen-bond donors (Lipinski definition) is 1. The fourth-order valence-corrected chi connectivity index (χ4v) is 2.21. The Morgan fingerprint density at radius 1 is 1.37 bits per heavy atom. The van der Waals surface area contributed by atoms with Gasteiger partial charge in [0.25, 0.3) is 0 Å². The Morgan fingerprint density at radius 2 is 2.05 bits per heavy atom. The third-order valence-corrected chi connectivity index (χ3v) is 3.35. The highest BCUT2D eigenvalue weighted by Crippen LogP contribution is 2.31. The minimum Gasteiger partial charge on any atom is -0.478 e. The molecule has 0 fully saturated rings.